The van der Waals surface area contributed by atoms with Gasteiger partial charge in [-0.15, -0.1) is 0 Å². The highest BCUT2D eigenvalue weighted by molar-refractivity contribution is 5.43. The predicted octanol–water partition coefficient (Wildman–Crippen LogP) is 4.86. The van der Waals surface area contributed by atoms with Gasteiger partial charge in [-0.3, -0.25) is 9.80 Å². The SMILES string of the molecule is CC(C)(C)c1ccc(OCCOC[C@H](O)CN2CCN(Cc3ccccc3)CC2)c(C(C)(C)C)c1. The first-order valence-corrected chi connectivity index (χ1v) is 13.0. The molecule has 1 aliphatic heterocycles. The van der Waals surface area contributed by atoms with Gasteiger partial charge in [0.25, 0.3) is 0 Å². The maximum absolute atomic E-state index is 10.5. The van der Waals surface area contributed by atoms with E-state index in [2.05, 4.69) is 99.9 Å². The molecule has 5 heteroatoms. The highest BCUT2D eigenvalue weighted by atomic mass is 16.5. The summed E-state index contributed by atoms with van der Waals surface area (Å²) >= 11 is 0. The van der Waals surface area contributed by atoms with Gasteiger partial charge in [0.15, 0.2) is 0 Å². The zero-order chi connectivity index (χ0) is 25.5. The molecule has 1 N–H and O–H groups in total. The molecule has 35 heavy (non-hydrogen) atoms. The van der Waals surface area contributed by atoms with Crippen molar-refractivity contribution >= 4 is 0 Å². The summed E-state index contributed by atoms with van der Waals surface area (Å²) < 4.78 is 11.9. The summed E-state index contributed by atoms with van der Waals surface area (Å²) in [7, 11) is 0. The minimum Gasteiger partial charge on any atom is -0.491 e. The van der Waals surface area contributed by atoms with E-state index in [1.807, 2.05) is 0 Å². The van der Waals surface area contributed by atoms with Crippen LogP contribution < -0.4 is 4.74 Å². The number of nitrogens with zero attached hydrogens (tertiary/aromatic N) is 2. The Balaban J connectivity index is 1.35. The number of rotatable bonds is 10. The second-order valence-electron chi connectivity index (χ2n) is 11.9. The normalized spacial score (nSPS) is 16.9. The minimum atomic E-state index is -0.480. The van der Waals surface area contributed by atoms with Crippen molar-refractivity contribution in [3.05, 3.63) is 65.2 Å². The number of aliphatic hydroxyl groups is 1. The topological polar surface area (TPSA) is 45.2 Å². The van der Waals surface area contributed by atoms with Crippen molar-refractivity contribution in [2.24, 2.45) is 0 Å². The Morgan fingerprint density at radius 3 is 2.11 bits per heavy atom. The highest BCUT2D eigenvalue weighted by Gasteiger charge is 2.23. The largest absolute Gasteiger partial charge is 0.491 e. The third-order valence-corrected chi connectivity index (χ3v) is 6.63. The molecule has 0 radical (unpaired) electrons. The molecule has 1 atom stereocenters. The second-order valence-corrected chi connectivity index (χ2v) is 11.9. The van der Waals surface area contributed by atoms with Crippen molar-refractivity contribution in [1.82, 2.24) is 9.80 Å². The number of hydrogen-bond acceptors (Lipinski definition) is 5. The number of β-amino-alcohol motifs (C(OH)–C–C–N with tert-alkyl or cyclic N) is 1. The van der Waals surface area contributed by atoms with E-state index in [-0.39, 0.29) is 10.8 Å². The molecule has 0 amide bonds. The molecule has 0 aromatic heterocycles. The smallest absolute Gasteiger partial charge is 0.123 e. The molecule has 1 fully saturated rings. The molecule has 1 heterocycles. The molecule has 5 nitrogen and oxygen atoms in total. The van der Waals surface area contributed by atoms with E-state index in [4.69, 9.17) is 9.47 Å². The quantitative estimate of drug-likeness (QED) is 0.490. The Hall–Kier alpha value is -1.92. The summed E-state index contributed by atoms with van der Waals surface area (Å²) in [6.07, 6.45) is -0.480. The van der Waals surface area contributed by atoms with Crippen LogP contribution in [0.2, 0.25) is 0 Å². The Labute approximate surface area is 213 Å². The second kappa shape index (κ2) is 12.4. The molecular formula is C30H46N2O3. The number of benzene rings is 2. The van der Waals surface area contributed by atoms with Gasteiger partial charge in [0.1, 0.15) is 12.4 Å². The van der Waals surface area contributed by atoms with Crippen LogP contribution in [-0.4, -0.2) is 73.6 Å². The number of aliphatic hydroxyl groups excluding tert-OH is 1. The molecule has 0 spiro atoms. The van der Waals surface area contributed by atoms with Crippen LogP contribution in [0.1, 0.15) is 58.2 Å². The van der Waals surface area contributed by atoms with Gasteiger partial charge in [-0.2, -0.15) is 0 Å². The lowest BCUT2D eigenvalue weighted by molar-refractivity contribution is -0.000544. The van der Waals surface area contributed by atoms with Crippen molar-refractivity contribution in [1.29, 1.82) is 0 Å². The van der Waals surface area contributed by atoms with Gasteiger partial charge in [-0.05, 0) is 33.6 Å². The predicted molar refractivity (Wildman–Crippen MR) is 144 cm³/mol. The van der Waals surface area contributed by atoms with E-state index in [1.165, 1.54) is 16.7 Å². The minimum absolute atomic E-state index is 0.00123. The fraction of sp³-hybridized carbons (Fsp3) is 0.600. The molecule has 1 aliphatic rings. The Bertz CT molecular complexity index is 894. The standard InChI is InChI=1S/C30H46N2O3/c1-29(2,3)25-12-13-28(27(20-25)30(4,5)6)35-19-18-34-23-26(33)22-32-16-14-31(15-17-32)21-24-10-8-7-9-11-24/h7-13,20,26,33H,14-19,21-23H2,1-6H3/t26-/m1/s1. The Kier molecular flexibility index (Phi) is 9.77. The molecule has 3 rings (SSSR count). The van der Waals surface area contributed by atoms with Gasteiger partial charge in [-0.25, -0.2) is 0 Å². The summed E-state index contributed by atoms with van der Waals surface area (Å²) in [5.74, 6) is 0.919. The van der Waals surface area contributed by atoms with Gasteiger partial charge in [0.2, 0.25) is 0 Å². The molecular weight excluding hydrogens is 436 g/mol. The third kappa shape index (κ3) is 8.91. The van der Waals surface area contributed by atoms with Crippen LogP contribution in [0.25, 0.3) is 0 Å². The molecule has 0 saturated carbocycles. The first-order chi connectivity index (χ1) is 16.5. The fourth-order valence-electron chi connectivity index (χ4n) is 4.46. The van der Waals surface area contributed by atoms with Crippen LogP contribution in [-0.2, 0) is 22.1 Å². The summed E-state index contributed by atoms with van der Waals surface area (Å²) in [6.45, 7) is 20.3. The molecule has 2 aromatic rings. The average Bonchev–Trinajstić information content (AvgIpc) is 2.79. The van der Waals surface area contributed by atoms with Crippen molar-refractivity contribution in [2.45, 2.75) is 65.0 Å². The Morgan fingerprint density at radius 2 is 1.49 bits per heavy atom. The van der Waals surface area contributed by atoms with Gasteiger partial charge in [0.05, 0.1) is 19.3 Å². The molecule has 0 aliphatic carbocycles. The number of ether oxygens (including phenoxy) is 2. The molecule has 194 valence electrons. The first kappa shape index (κ1) is 27.7. The van der Waals surface area contributed by atoms with E-state index in [0.29, 0.717) is 26.4 Å². The van der Waals surface area contributed by atoms with Crippen LogP contribution in [0.15, 0.2) is 48.5 Å². The summed E-state index contributed by atoms with van der Waals surface area (Å²) in [6, 6.07) is 17.1. The lowest BCUT2D eigenvalue weighted by atomic mass is 9.80. The van der Waals surface area contributed by atoms with Gasteiger partial charge in [-0.1, -0.05) is 84.0 Å². The zero-order valence-corrected chi connectivity index (χ0v) is 22.7. The Morgan fingerprint density at radius 1 is 0.829 bits per heavy atom. The van der Waals surface area contributed by atoms with Crippen molar-refractivity contribution in [3.8, 4) is 5.75 Å². The lowest BCUT2D eigenvalue weighted by Gasteiger charge is -2.35. The molecule has 1 saturated heterocycles. The summed E-state index contributed by atoms with van der Waals surface area (Å²) in [5.41, 5.74) is 3.99. The third-order valence-electron chi connectivity index (χ3n) is 6.63. The van der Waals surface area contributed by atoms with Gasteiger partial charge in [0, 0.05) is 39.3 Å². The van der Waals surface area contributed by atoms with E-state index >= 15 is 0 Å². The zero-order valence-electron chi connectivity index (χ0n) is 22.7. The molecule has 0 unspecified atom stereocenters. The van der Waals surface area contributed by atoms with Crippen LogP contribution in [0.5, 0.6) is 5.75 Å². The van der Waals surface area contributed by atoms with E-state index in [0.717, 1.165) is 38.5 Å². The van der Waals surface area contributed by atoms with E-state index < -0.39 is 6.10 Å². The molecule has 0 bridgehead atoms. The number of piperazine rings is 1. The maximum atomic E-state index is 10.5. The van der Waals surface area contributed by atoms with E-state index in [1.54, 1.807) is 0 Å². The summed E-state index contributed by atoms with van der Waals surface area (Å²) in [4.78, 5) is 4.81. The van der Waals surface area contributed by atoms with Gasteiger partial charge >= 0.3 is 0 Å². The molecule has 2 aromatic carbocycles. The van der Waals surface area contributed by atoms with Gasteiger partial charge < -0.3 is 14.6 Å². The van der Waals surface area contributed by atoms with Crippen LogP contribution in [0, 0.1) is 0 Å². The lowest BCUT2D eigenvalue weighted by Crippen LogP contribution is -2.48. The maximum Gasteiger partial charge on any atom is 0.123 e. The fourth-order valence-corrected chi connectivity index (χ4v) is 4.46. The first-order valence-electron chi connectivity index (χ1n) is 13.0. The number of hydrogen-bond donors (Lipinski definition) is 1. The van der Waals surface area contributed by atoms with Crippen LogP contribution >= 0.6 is 0 Å². The van der Waals surface area contributed by atoms with Crippen molar-refractivity contribution in [3.63, 3.8) is 0 Å². The van der Waals surface area contributed by atoms with Crippen LogP contribution in [0.4, 0.5) is 0 Å². The van der Waals surface area contributed by atoms with Crippen molar-refractivity contribution in [2.75, 3.05) is 52.5 Å². The van der Waals surface area contributed by atoms with Crippen molar-refractivity contribution < 1.29 is 14.6 Å². The average molecular weight is 483 g/mol. The van der Waals surface area contributed by atoms with Crippen LogP contribution in [0.3, 0.4) is 0 Å². The highest BCUT2D eigenvalue weighted by Crippen LogP contribution is 2.35. The van der Waals surface area contributed by atoms with E-state index in [9.17, 15) is 5.11 Å². The monoisotopic (exact) mass is 482 g/mol. The summed E-state index contributed by atoms with van der Waals surface area (Å²) in [5, 5.41) is 10.5.